The molecule has 64 valence electrons. The minimum Gasteiger partial charge on any atom is -0.405 e. The largest absolute Gasteiger partial charge is 0.405 e. The molecule has 0 bridgehead atoms. The lowest BCUT2D eigenvalue weighted by atomic mass is 10.5. The number of esters is 1. The fraction of sp³-hybridized carbons (Fsp3) is 0.143. The zero-order valence-electron chi connectivity index (χ0n) is 6.16. The van der Waals surface area contributed by atoms with Gasteiger partial charge in [0.1, 0.15) is 0 Å². The lowest BCUT2D eigenvalue weighted by Crippen LogP contribution is -2.20. The summed E-state index contributed by atoms with van der Waals surface area (Å²) in [6.45, 7) is -0.132. The van der Waals surface area contributed by atoms with Crippen LogP contribution in [0.15, 0.2) is 18.3 Å². The number of aromatic nitrogens is 1. The molecule has 0 aromatic carbocycles. The van der Waals surface area contributed by atoms with Crippen LogP contribution < -0.4 is 10.5 Å². The van der Waals surface area contributed by atoms with Crippen molar-refractivity contribution in [3.8, 4) is 5.88 Å². The summed E-state index contributed by atoms with van der Waals surface area (Å²) in [5, 5.41) is 0. The molecule has 0 aliphatic carbocycles. The summed E-state index contributed by atoms with van der Waals surface area (Å²) in [4.78, 5) is 14.6. The molecule has 1 heterocycles. The molecule has 0 spiro atoms. The number of carbonyl (C=O) groups excluding carboxylic acids is 1. The average Bonchev–Trinajstić information content (AvgIpc) is 2.09. The molecule has 1 rings (SSSR count). The molecular formula is C7H7IN2O2. The zero-order chi connectivity index (χ0) is 8.97. The van der Waals surface area contributed by atoms with Gasteiger partial charge in [0.25, 0.3) is 0 Å². The Kier molecular flexibility index (Phi) is 3.42. The van der Waals surface area contributed by atoms with Crippen LogP contribution in [0.2, 0.25) is 0 Å². The second-order valence-electron chi connectivity index (χ2n) is 1.97. The summed E-state index contributed by atoms with van der Waals surface area (Å²) in [6, 6.07) is 3.56. The summed E-state index contributed by atoms with van der Waals surface area (Å²) in [7, 11) is 0. The Morgan fingerprint density at radius 1 is 1.75 bits per heavy atom. The van der Waals surface area contributed by atoms with Gasteiger partial charge in [0, 0.05) is 6.20 Å². The molecule has 1 aromatic heterocycles. The van der Waals surface area contributed by atoms with Crippen molar-refractivity contribution in [1.82, 2.24) is 4.98 Å². The molecule has 0 saturated heterocycles. The molecule has 0 amide bonds. The number of hydrogen-bond donors (Lipinski definition) is 1. The van der Waals surface area contributed by atoms with Crippen LogP contribution in [0.4, 0.5) is 0 Å². The maximum Gasteiger partial charge on any atom is 0.326 e. The van der Waals surface area contributed by atoms with E-state index in [4.69, 9.17) is 10.5 Å². The lowest BCUT2D eigenvalue weighted by Gasteiger charge is -2.01. The monoisotopic (exact) mass is 278 g/mol. The maximum atomic E-state index is 10.7. The third kappa shape index (κ3) is 2.42. The predicted molar refractivity (Wildman–Crippen MR) is 51.6 cm³/mol. The van der Waals surface area contributed by atoms with Gasteiger partial charge in [-0.1, -0.05) is 0 Å². The van der Waals surface area contributed by atoms with Crippen molar-refractivity contribution in [2.24, 2.45) is 5.73 Å². The number of ether oxygens (including phenoxy) is 1. The van der Waals surface area contributed by atoms with Gasteiger partial charge in [-0.2, -0.15) is 0 Å². The van der Waals surface area contributed by atoms with Gasteiger partial charge in [-0.15, -0.1) is 0 Å². The van der Waals surface area contributed by atoms with Crippen LogP contribution in [0.25, 0.3) is 0 Å². The molecule has 0 radical (unpaired) electrons. The van der Waals surface area contributed by atoms with Crippen molar-refractivity contribution in [2.75, 3.05) is 6.54 Å². The topological polar surface area (TPSA) is 65.2 Å². The van der Waals surface area contributed by atoms with Gasteiger partial charge >= 0.3 is 5.97 Å². The summed E-state index contributed by atoms with van der Waals surface area (Å²) in [5.41, 5.74) is 5.07. The second kappa shape index (κ2) is 4.36. The van der Waals surface area contributed by atoms with Gasteiger partial charge in [-0.25, -0.2) is 4.98 Å². The van der Waals surface area contributed by atoms with Gasteiger partial charge in [0.05, 0.1) is 10.1 Å². The van der Waals surface area contributed by atoms with Crippen LogP contribution in [-0.4, -0.2) is 17.5 Å². The summed E-state index contributed by atoms with van der Waals surface area (Å²) < 4.78 is 5.60. The molecule has 0 unspecified atom stereocenters. The molecule has 0 fully saturated rings. The van der Waals surface area contributed by atoms with E-state index in [0.717, 1.165) is 3.57 Å². The van der Waals surface area contributed by atoms with Gasteiger partial charge in [0.2, 0.25) is 5.88 Å². The van der Waals surface area contributed by atoms with E-state index >= 15 is 0 Å². The SMILES string of the molecule is NCC(=O)Oc1ncccc1I. The fourth-order valence-corrected chi connectivity index (χ4v) is 1.05. The van der Waals surface area contributed by atoms with E-state index in [0.29, 0.717) is 5.88 Å². The Morgan fingerprint density at radius 3 is 3.08 bits per heavy atom. The van der Waals surface area contributed by atoms with Gasteiger partial charge in [0.15, 0.2) is 0 Å². The molecule has 0 aliphatic rings. The van der Waals surface area contributed by atoms with E-state index < -0.39 is 5.97 Å². The van der Waals surface area contributed by atoms with Crippen LogP contribution in [0.3, 0.4) is 0 Å². The molecule has 5 heteroatoms. The summed E-state index contributed by atoms with van der Waals surface area (Å²) in [6.07, 6.45) is 1.56. The molecule has 0 aliphatic heterocycles. The van der Waals surface area contributed by atoms with Crippen molar-refractivity contribution in [3.05, 3.63) is 21.9 Å². The Morgan fingerprint density at radius 2 is 2.50 bits per heavy atom. The summed E-state index contributed by atoms with van der Waals surface area (Å²) in [5.74, 6) is -0.167. The number of nitrogens with zero attached hydrogens (tertiary/aromatic N) is 1. The van der Waals surface area contributed by atoms with Crippen LogP contribution in [-0.2, 0) is 4.79 Å². The third-order valence-electron chi connectivity index (χ3n) is 1.10. The number of hydrogen-bond acceptors (Lipinski definition) is 4. The first-order valence-corrected chi connectivity index (χ1v) is 4.33. The zero-order valence-corrected chi connectivity index (χ0v) is 8.32. The summed E-state index contributed by atoms with van der Waals surface area (Å²) >= 11 is 2.03. The van der Waals surface area contributed by atoms with Gasteiger partial charge in [-0.05, 0) is 34.7 Å². The highest BCUT2D eigenvalue weighted by Gasteiger charge is 2.05. The molecule has 0 saturated carbocycles. The Bertz CT molecular complexity index is 290. The van der Waals surface area contributed by atoms with E-state index in [9.17, 15) is 4.79 Å². The van der Waals surface area contributed by atoms with E-state index in [1.165, 1.54) is 0 Å². The van der Waals surface area contributed by atoms with Crippen LogP contribution >= 0.6 is 22.6 Å². The predicted octanol–water partition coefficient (Wildman–Crippen LogP) is 0.550. The lowest BCUT2D eigenvalue weighted by molar-refractivity contribution is -0.133. The van der Waals surface area contributed by atoms with Crippen molar-refractivity contribution >= 4 is 28.6 Å². The Hall–Kier alpha value is -0.690. The van der Waals surface area contributed by atoms with Crippen LogP contribution in [0.5, 0.6) is 5.88 Å². The maximum absolute atomic E-state index is 10.7. The Labute approximate surface area is 83.3 Å². The first-order chi connectivity index (χ1) is 5.74. The number of halogens is 1. The highest BCUT2D eigenvalue weighted by molar-refractivity contribution is 14.1. The van der Waals surface area contributed by atoms with Crippen molar-refractivity contribution in [3.63, 3.8) is 0 Å². The molecular weight excluding hydrogens is 271 g/mol. The second-order valence-corrected chi connectivity index (χ2v) is 3.13. The highest BCUT2D eigenvalue weighted by Crippen LogP contribution is 2.15. The van der Waals surface area contributed by atoms with Gasteiger partial charge < -0.3 is 10.5 Å². The first kappa shape index (κ1) is 9.40. The van der Waals surface area contributed by atoms with Crippen molar-refractivity contribution in [1.29, 1.82) is 0 Å². The normalized spacial score (nSPS) is 9.50. The van der Waals surface area contributed by atoms with Crippen LogP contribution in [0.1, 0.15) is 0 Å². The first-order valence-electron chi connectivity index (χ1n) is 3.25. The molecule has 12 heavy (non-hydrogen) atoms. The van der Waals surface area contributed by atoms with Crippen molar-refractivity contribution in [2.45, 2.75) is 0 Å². The molecule has 0 atom stereocenters. The number of rotatable bonds is 2. The average molecular weight is 278 g/mol. The minimum absolute atomic E-state index is 0.132. The molecule has 1 aromatic rings. The third-order valence-corrected chi connectivity index (χ3v) is 1.92. The quantitative estimate of drug-likeness (QED) is 0.633. The van der Waals surface area contributed by atoms with Crippen molar-refractivity contribution < 1.29 is 9.53 Å². The van der Waals surface area contributed by atoms with Crippen LogP contribution in [0, 0.1) is 3.57 Å². The fourth-order valence-electron chi connectivity index (χ4n) is 0.596. The number of carbonyl (C=O) groups is 1. The smallest absolute Gasteiger partial charge is 0.326 e. The standard InChI is InChI=1S/C7H7IN2O2/c8-5-2-1-3-10-7(5)12-6(11)4-9/h1-3H,4,9H2. The molecule has 4 nitrogen and oxygen atoms in total. The minimum atomic E-state index is -0.480. The van der Waals surface area contributed by atoms with Gasteiger partial charge in [-0.3, -0.25) is 4.79 Å². The number of pyridine rings is 1. The van der Waals surface area contributed by atoms with E-state index in [1.807, 2.05) is 22.6 Å². The van der Waals surface area contributed by atoms with E-state index in [1.54, 1.807) is 18.3 Å². The molecule has 2 N–H and O–H groups in total. The highest BCUT2D eigenvalue weighted by atomic mass is 127. The number of nitrogens with two attached hydrogens (primary N) is 1. The van der Waals surface area contributed by atoms with E-state index in [2.05, 4.69) is 4.98 Å². The Balaban J connectivity index is 2.75. The van der Waals surface area contributed by atoms with E-state index in [-0.39, 0.29) is 6.54 Å².